The largest absolute Gasteiger partial charge is 0.446 e. The highest BCUT2D eigenvalue weighted by Crippen LogP contribution is 2.36. The molecule has 0 fully saturated rings. The summed E-state index contributed by atoms with van der Waals surface area (Å²) in [5, 5.41) is 4.56. The van der Waals surface area contributed by atoms with Crippen molar-refractivity contribution in [2.45, 2.75) is 16.9 Å². The molecule has 0 aliphatic rings. The van der Waals surface area contributed by atoms with Crippen LogP contribution in [0.5, 0.6) is 0 Å². The van der Waals surface area contributed by atoms with Crippen molar-refractivity contribution >= 4 is 29.0 Å². The van der Waals surface area contributed by atoms with E-state index in [1.165, 1.54) is 41.9 Å². The molecule has 2 aromatic heterocycles. The van der Waals surface area contributed by atoms with Crippen LogP contribution >= 0.6 is 23.1 Å². The van der Waals surface area contributed by atoms with E-state index in [0.717, 1.165) is 4.88 Å². The number of hydrogen-bond acceptors (Lipinski definition) is 5. The number of hydrogen-bond donors (Lipinski definition) is 1. The van der Waals surface area contributed by atoms with Crippen LogP contribution in [0.2, 0.25) is 0 Å². The van der Waals surface area contributed by atoms with Gasteiger partial charge in [-0.05, 0) is 47.5 Å². The normalized spacial score (nSPS) is 11.5. The van der Waals surface area contributed by atoms with Crippen LogP contribution in [0.1, 0.15) is 16.1 Å². The molecule has 4 nitrogen and oxygen atoms in total. The summed E-state index contributed by atoms with van der Waals surface area (Å²) in [6, 6.07) is 8.98. The number of nitrogens with one attached hydrogen (secondary N) is 1. The lowest BCUT2D eigenvalue weighted by Gasteiger charge is -2.07. The summed E-state index contributed by atoms with van der Waals surface area (Å²) in [5.41, 5.74) is -3.52. The number of oxazole rings is 1. The fourth-order valence-corrected chi connectivity index (χ4v) is 3.18. The summed E-state index contributed by atoms with van der Waals surface area (Å²) in [5.74, 6) is 0.0806. The highest BCUT2D eigenvalue weighted by Gasteiger charge is 2.29. The number of thiophene rings is 1. The Morgan fingerprint density at radius 3 is 2.64 bits per heavy atom. The van der Waals surface area contributed by atoms with E-state index in [-0.39, 0.29) is 28.8 Å². The molecule has 9 heteroatoms. The Bertz CT molecular complexity index is 843. The summed E-state index contributed by atoms with van der Waals surface area (Å²) in [6.07, 6.45) is 1.46. The lowest BCUT2D eigenvalue weighted by molar-refractivity contribution is -0.0328. The number of halogens is 3. The average molecular weight is 384 g/mol. The van der Waals surface area contributed by atoms with Gasteiger partial charge in [-0.25, -0.2) is 4.98 Å². The van der Waals surface area contributed by atoms with Crippen LogP contribution in [-0.4, -0.2) is 16.4 Å². The maximum absolute atomic E-state index is 12.3. The molecule has 0 aliphatic carbocycles. The van der Waals surface area contributed by atoms with E-state index in [4.69, 9.17) is 4.42 Å². The number of benzene rings is 1. The molecule has 1 N–H and O–H groups in total. The third-order valence-corrected chi connectivity index (χ3v) is 4.66. The average Bonchev–Trinajstić information content (AvgIpc) is 3.23. The van der Waals surface area contributed by atoms with Crippen molar-refractivity contribution in [1.29, 1.82) is 0 Å². The predicted octanol–water partition coefficient (Wildman–Crippen LogP) is 4.95. The van der Waals surface area contributed by atoms with E-state index in [1.807, 2.05) is 17.5 Å². The second-order valence-corrected chi connectivity index (χ2v) is 6.96. The Hall–Kier alpha value is -2.26. The zero-order chi connectivity index (χ0) is 17.9. The first-order valence-electron chi connectivity index (χ1n) is 7.03. The molecule has 3 rings (SSSR count). The van der Waals surface area contributed by atoms with Gasteiger partial charge in [0.2, 0.25) is 5.89 Å². The van der Waals surface area contributed by atoms with E-state index >= 15 is 0 Å². The van der Waals surface area contributed by atoms with Crippen LogP contribution in [0.4, 0.5) is 13.2 Å². The lowest BCUT2D eigenvalue weighted by atomic mass is 10.2. The summed E-state index contributed by atoms with van der Waals surface area (Å²) in [7, 11) is 0. The standard InChI is InChI=1S/C16H11F3N2O2S2/c17-16(18,19)25-12-5-3-10(4-6-12)14(22)20-8-11-9-23-15(21-11)13-2-1-7-24-13/h1-7,9H,8H2,(H,20,22). The second-order valence-electron chi connectivity index (χ2n) is 4.88. The molecule has 0 aliphatic heterocycles. The molecule has 0 bridgehead atoms. The van der Waals surface area contributed by atoms with Gasteiger partial charge < -0.3 is 9.73 Å². The first kappa shape index (κ1) is 17.6. The van der Waals surface area contributed by atoms with Crippen molar-refractivity contribution < 1.29 is 22.4 Å². The maximum atomic E-state index is 12.3. The highest BCUT2D eigenvalue weighted by molar-refractivity contribution is 8.00. The second kappa shape index (κ2) is 7.32. The third-order valence-electron chi connectivity index (χ3n) is 3.06. The molecule has 0 atom stereocenters. The number of amides is 1. The van der Waals surface area contributed by atoms with Gasteiger partial charge in [0.25, 0.3) is 5.91 Å². The zero-order valence-electron chi connectivity index (χ0n) is 12.5. The highest BCUT2D eigenvalue weighted by atomic mass is 32.2. The van der Waals surface area contributed by atoms with E-state index in [2.05, 4.69) is 10.3 Å². The van der Waals surface area contributed by atoms with E-state index < -0.39 is 11.4 Å². The molecule has 0 spiro atoms. The SMILES string of the molecule is O=C(NCc1coc(-c2cccs2)n1)c1ccc(SC(F)(F)F)cc1. The summed E-state index contributed by atoms with van der Waals surface area (Å²) in [4.78, 5) is 17.2. The van der Waals surface area contributed by atoms with Crippen molar-refractivity contribution in [2.24, 2.45) is 0 Å². The first-order chi connectivity index (χ1) is 11.9. The minimum absolute atomic E-state index is 0.0288. The van der Waals surface area contributed by atoms with Crippen LogP contribution in [0.25, 0.3) is 10.8 Å². The van der Waals surface area contributed by atoms with Crippen LogP contribution in [-0.2, 0) is 6.54 Å². The van der Waals surface area contributed by atoms with E-state index in [9.17, 15) is 18.0 Å². The van der Waals surface area contributed by atoms with Crippen LogP contribution in [0.3, 0.4) is 0 Å². The van der Waals surface area contributed by atoms with Gasteiger partial charge in [-0.15, -0.1) is 11.3 Å². The van der Waals surface area contributed by atoms with Crippen LogP contribution < -0.4 is 5.32 Å². The van der Waals surface area contributed by atoms with Crippen LogP contribution in [0, 0.1) is 0 Å². The van der Waals surface area contributed by atoms with Crippen molar-refractivity contribution in [3.8, 4) is 10.8 Å². The third kappa shape index (κ3) is 4.86. The Labute approximate surface area is 149 Å². The van der Waals surface area contributed by atoms with Gasteiger partial charge in [-0.1, -0.05) is 6.07 Å². The molecule has 0 unspecified atom stereocenters. The fraction of sp³-hybridized carbons (Fsp3) is 0.125. The monoisotopic (exact) mass is 384 g/mol. The number of rotatable bonds is 5. The number of alkyl halides is 3. The van der Waals surface area contributed by atoms with Crippen molar-refractivity contribution in [1.82, 2.24) is 10.3 Å². The van der Waals surface area contributed by atoms with Gasteiger partial charge in [0.1, 0.15) is 6.26 Å². The van der Waals surface area contributed by atoms with Gasteiger partial charge in [0.15, 0.2) is 0 Å². The Kier molecular flexibility index (Phi) is 5.14. The molecular weight excluding hydrogens is 373 g/mol. The maximum Gasteiger partial charge on any atom is 0.446 e. The Morgan fingerprint density at radius 2 is 2.00 bits per heavy atom. The molecule has 1 aromatic carbocycles. The molecule has 2 heterocycles. The number of thioether (sulfide) groups is 1. The Morgan fingerprint density at radius 1 is 1.24 bits per heavy atom. The molecule has 0 radical (unpaired) electrons. The molecule has 3 aromatic rings. The minimum atomic E-state index is -4.35. The molecule has 0 saturated heterocycles. The van der Waals surface area contributed by atoms with E-state index in [1.54, 1.807) is 0 Å². The van der Waals surface area contributed by atoms with Gasteiger partial charge in [-0.3, -0.25) is 4.79 Å². The summed E-state index contributed by atoms with van der Waals surface area (Å²) < 4.78 is 42.2. The summed E-state index contributed by atoms with van der Waals surface area (Å²) in [6.45, 7) is 0.159. The molecular formula is C16H11F3N2O2S2. The number of carbonyl (C=O) groups is 1. The summed E-state index contributed by atoms with van der Waals surface area (Å²) >= 11 is 1.27. The van der Waals surface area contributed by atoms with Gasteiger partial charge >= 0.3 is 5.51 Å². The molecule has 130 valence electrons. The van der Waals surface area contributed by atoms with Crippen LogP contribution in [0.15, 0.2) is 57.4 Å². The smallest absolute Gasteiger partial charge is 0.443 e. The fourth-order valence-electron chi connectivity index (χ4n) is 1.98. The van der Waals surface area contributed by atoms with Crippen molar-refractivity contribution in [3.05, 3.63) is 59.3 Å². The minimum Gasteiger partial charge on any atom is -0.443 e. The molecule has 0 saturated carbocycles. The first-order valence-corrected chi connectivity index (χ1v) is 8.72. The lowest BCUT2D eigenvalue weighted by Crippen LogP contribution is -2.22. The molecule has 25 heavy (non-hydrogen) atoms. The Balaban J connectivity index is 1.57. The number of aromatic nitrogens is 1. The number of carbonyl (C=O) groups excluding carboxylic acids is 1. The number of nitrogens with zero attached hydrogens (tertiary/aromatic N) is 1. The quantitative estimate of drug-likeness (QED) is 0.633. The van der Waals surface area contributed by atoms with Gasteiger partial charge in [-0.2, -0.15) is 13.2 Å². The molecule has 1 amide bonds. The van der Waals surface area contributed by atoms with Gasteiger partial charge in [0, 0.05) is 10.5 Å². The van der Waals surface area contributed by atoms with Crippen molar-refractivity contribution in [3.63, 3.8) is 0 Å². The predicted molar refractivity (Wildman–Crippen MR) is 89.3 cm³/mol. The van der Waals surface area contributed by atoms with Crippen molar-refractivity contribution in [2.75, 3.05) is 0 Å². The zero-order valence-corrected chi connectivity index (χ0v) is 14.2. The van der Waals surface area contributed by atoms with E-state index in [0.29, 0.717) is 11.6 Å². The van der Waals surface area contributed by atoms with Gasteiger partial charge in [0.05, 0.1) is 17.1 Å². The topological polar surface area (TPSA) is 55.1 Å².